The van der Waals surface area contributed by atoms with Crippen LogP contribution in [-0.2, 0) is 6.54 Å². The van der Waals surface area contributed by atoms with Crippen LogP contribution in [0.25, 0.3) is 0 Å². The number of hydrogen-bond donors (Lipinski definition) is 3. The van der Waals surface area contributed by atoms with E-state index in [2.05, 4.69) is 31.9 Å². The van der Waals surface area contributed by atoms with Crippen LogP contribution in [0.15, 0.2) is 69.8 Å². The summed E-state index contributed by atoms with van der Waals surface area (Å²) in [5.41, 5.74) is 1.37. The van der Waals surface area contributed by atoms with Crippen LogP contribution in [0, 0.1) is 0 Å². The molecule has 3 rings (SSSR count). The Morgan fingerprint density at radius 3 is 2.69 bits per heavy atom. The van der Waals surface area contributed by atoms with Gasteiger partial charge in [0.05, 0.1) is 25.0 Å². The van der Waals surface area contributed by atoms with Crippen molar-refractivity contribution in [2.24, 2.45) is 0 Å². The summed E-state index contributed by atoms with van der Waals surface area (Å²) in [6.07, 6.45) is 2.37. The molecule has 0 aliphatic carbocycles. The number of nitrogens with one attached hydrogen (secondary N) is 3. The average Bonchev–Trinajstić information content (AvgIpc) is 3.30. The van der Waals surface area contributed by atoms with E-state index in [0.717, 1.165) is 10.9 Å². The first-order valence-electron chi connectivity index (χ1n) is 9.91. The number of ether oxygens (including phenoxy) is 1. The van der Waals surface area contributed by atoms with Crippen LogP contribution < -0.4 is 20.7 Å². The first-order chi connectivity index (χ1) is 15.5. The topological polar surface area (TPSA) is 92.6 Å². The van der Waals surface area contributed by atoms with Gasteiger partial charge < -0.3 is 19.8 Å². The smallest absolute Gasteiger partial charge is 0.261 e. The molecule has 0 saturated carbocycles. The Balaban J connectivity index is 1.61. The molecule has 1 heterocycles. The largest absolute Gasteiger partial charge is 0.493 e. The molecule has 2 amide bonds. The number of furan rings is 1. The van der Waals surface area contributed by atoms with E-state index in [4.69, 9.17) is 21.4 Å². The number of thiocarbonyl (C=S) groups is 1. The molecule has 1 aromatic heterocycles. The fourth-order valence-electron chi connectivity index (χ4n) is 2.77. The van der Waals surface area contributed by atoms with Crippen LogP contribution >= 0.6 is 28.1 Å². The fraction of sp³-hybridized carbons (Fsp3) is 0.174. The second kappa shape index (κ2) is 11.4. The van der Waals surface area contributed by atoms with Gasteiger partial charge in [-0.15, -0.1) is 0 Å². The molecule has 0 spiro atoms. The standard InChI is InChI=1S/C23H22BrN3O4S/c1-2-10-31-20-9-8-16(24)13-19(20)22(29)27-23(32)26-17-6-3-5-15(12-17)21(28)25-14-18-7-4-11-30-18/h3-9,11-13H,2,10,14H2,1H3,(H,25,28)(H2,26,27,29,32). The molecule has 0 saturated heterocycles. The number of halogens is 1. The van der Waals surface area contributed by atoms with Gasteiger partial charge in [0.25, 0.3) is 11.8 Å². The van der Waals surface area contributed by atoms with Gasteiger partial charge in [-0.1, -0.05) is 28.9 Å². The minimum atomic E-state index is -0.401. The summed E-state index contributed by atoms with van der Waals surface area (Å²) in [6.45, 7) is 2.77. The molecule has 2 aromatic carbocycles. The molecule has 0 radical (unpaired) electrons. The van der Waals surface area contributed by atoms with Gasteiger partial charge in [-0.25, -0.2) is 0 Å². The van der Waals surface area contributed by atoms with Crippen molar-refractivity contribution in [2.75, 3.05) is 11.9 Å². The van der Waals surface area contributed by atoms with Crippen LogP contribution in [0.1, 0.15) is 39.8 Å². The molecule has 0 fully saturated rings. The van der Waals surface area contributed by atoms with Crippen molar-refractivity contribution in [2.45, 2.75) is 19.9 Å². The second-order valence-electron chi connectivity index (χ2n) is 6.74. The lowest BCUT2D eigenvalue weighted by molar-refractivity contribution is 0.0945. The third kappa shape index (κ3) is 6.66. The highest BCUT2D eigenvalue weighted by Gasteiger charge is 2.15. The van der Waals surface area contributed by atoms with Gasteiger partial charge in [-0.05, 0) is 67.2 Å². The Kier molecular flexibility index (Phi) is 8.41. The first kappa shape index (κ1) is 23.5. The monoisotopic (exact) mass is 515 g/mol. The molecule has 0 aliphatic rings. The molecule has 3 N–H and O–H groups in total. The zero-order valence-corrected chi connectivity index (χ0v) is 19.7. The van der Waals surface area contributed by atoms with Crippen LogP contribution in [0.5, 0.6) is 5.75 Å². The van der Waals surface area contributed by atoms with Crippen molar-refractivity contribution in [3.8, 4) is 5.75 Å². The number of rotatable bonds is 8. The zero-order chi connectivity index (χ0) is 22.9. The number of carbonyl (C=O) groups is 2. The normalized spacial score (nSPS) is 10.3. The van der Waals surface area contributed by atoms with E-state index in [1.807, 2.05) is 6.92 Å². The molecule has 7 nitrogen and oxygen atoms in total. The van der Waals surface area contributed by atoms with Crippen molar-refractivity contribution in [3.63, 3.8) is 0 Å². The maximum atomic E-state index is 12.7. The molecule has 32 heavy (non-hydrogen) atoms. The summed E-state index contributed by atoms with van der Waals surface area (Å²) in [4.78, 5) is 25.1. The van der Waals surface area contributed by atoms with E-state index in [1.54, 1.807) is 60.9 Å². The van der Waals surface area contributed by atoms with Crippen molar-refractivity contribution >= 4 is 50.8 Å². The third-order valence-electron chi connectivity index (χ3n) is 4.26. The van der Waals surface area contributed by atoms with Gasteiger partial charge in [0.15, 0.2) is 5.11 Å². The van der Waals surface area contributed by atoms with Crippen LogP contribution in [0.3, 0.4) is 0 Å². The molecule has 166 valence electrons. The maximum Gasteiger partial charge on any atom is 0.261 e. The predicted octanol–water partition coefficient (Wildman–Crippen LogP) is 4.89. The molecular formula is C23H22BrN3O4S. The Hall–Kier alpha value is -3.17. The molecule has 0 aliphatic heterocycles. The van der Waals surface area contributed by atoms with E-state index in [1.165, 1.54) is 0 Å². The lowest BCUT2D eigenvalue weighted by atomic mass is 10.2. The SMILES string of the molecule is CCCOc1ccc(Br)cc1C(=O)NC(=S)Nc1cccc(C(=O)NCc2ccco2)c1. The zero-order valence-electron chi connectivity index (χ0n) is 17.3. The fourth-order valence-corrected chi connectivity index (χ4v) is 3.34. The minimum absolute atomic E-state index is 0.101. The summed E-state index contributed by atoms with van der Waals surface area (Å²) < 4.78 is 11.6. The Labute approximate surface area is 199 Å². The number of carbonyl (C=O) groups excluding carboxylic acids is 2. The first-order valence-corrected chi connectivity index (χ1v) is 11.1. The van der Waals surface area contributed by atoms with Gasteiger partial charge in [-0.3, -0.25) is 14.9 Å². The minimum Gasteiger partial charge on any atom is -0.493 e. The summed E-state index contributed by atoms with van der Waals surface area (Å²) in [7, 11) is 0. The van der Waals surface area contributed by atoms with Gasteiger partial charge in [0.2, 0.25) is 0 Å². The summed E-state index contributed by atoms with van der Waals surface area (Å²) in [5, 5.41) is 8.47. The third-order valence-corrected chi connectivity index (χ3v) is 4.96. The van der Waals surface area contributed by atoms with Crippen molar-refractivity contribution < 1.29 is 18.7 Å². The Bertz CT molecular complexity index is 1100. The van der Waals surface area contributed by atoms with E-state index < -0.39 is 5.91 Å². The van der Waals surface area contributed by atoms with Gasteiger partial charge in [0.1, 0.15) is 11.5 Å². The van der Waals surface area contributed by atoms with Crippen molar-refractivity contribution in [1.82, 2.24) is 10.6 Å². The highest BCUT2D eigenvalue weighted by atomic mass is 79.9. The number of anilines is 1. The Morgan fingerprint density at radius 1 is 1.09 bits per heavy atom. The molecule has 0 unspecified atom stereocenters. The summed E-state index contributed by atoms with van der Waals surface area (Å²) in [6, 6.07) is 15.5. The molecule has 9 heteroatoms. The van der Waals surface area contributed by atoms with Crippen LogP contribution in [-0.4, -0.2) is 23.5 Å². The number of benzene rings is 2. The van der Waals surface area contributed by atoms with Crippen molar-refractivity contribution in [3.05, 3.63) is 82.2 Å². The molecule has 0 atom stereocenters. The molecule has 0 bridgehead atoms. The number of amides is 2. The predicted molar refractivity (Wildman–Crippen MR) is 130 cm³/mol. The average molecular weight is 516 g/mol. The molecule has 3 aromatic rings. The van der Waals surface area contributed by atoms with Crippen LogP contribution in [0.4, 0.5) is 5.69 Å². The van der Waals surface area contributed by atoms with Gasteiger partial charge >= 0.3 is 0 Å². The summed E-state index contributed by atoms with van der Waals surface area (Å²) >= 11 is 8.65. The van der Waals surface area contributed by atoms with Gasteiger partial charge in [0, 0.05) is 15.7 Å². The summed E-state index contributed by atoms with van der Waals surface area (Å²) in [5.74, 6) is 0.478. The van der Waals surface area contributed by atoms with Crippen LogP contribution in [0.2, 0.25) is 0 Å². The van der Waals surface area contributed by atoms with E-state index >= 15 is 0 Å². The second-order valence-corrected chi connectivity index (χ2v) is 8.06. The highest BCUT2D eigenvalue weighted by molar-refractivity contribution is 9.10. The van der Waals surface area contributed by atoms with Crippen molar-refractivity contribution in [1.29, 1.82) is 0 Å². The maximum absolute atomic E-state index is 12.7. The quantitative estimate of drug-likeness (QED) is 0.370. The van der Waals surface area contributed by atoms with Gasteiger partial charge in [-0.2, -0.15) is 0 Å². The lowest BCUT2D eigenvalue weighted by Crippen LogP contribution is -2.34. The lowest BCUT2D eigenvalue weighted by Gasteiger charge is -2.13. The Morgan fingerprint density at radius 2 is 1.94 bits per heavy atom. The highest BCUT2D eigenvalue weighted by Crippen LogP contribution is 2.23. The number of hydrogen-bond acceptors (Lipinski definition) is 5. The van der Waals surface area contributed by atoms with E-state index in [0.29, 0.717) is 34.9 Å². The molecular weight excluding hydrogens is 494 g/mol. The van der Waals surface area contributed by atoms with E-state index in [-0.39, 0.29) is 17.6 Å². The van der Waals surface area contributed by atoms with E-state index in [9.17, 15) is 9.59 Å².